The molecular formula is C11H17N5O3S2. The molecule has 0 spiro atoms. The molecule has 0 bridgehead atoms. The van der Waals surface area contributed by atoms with E-state index in [0.717, 1.165) is 11.8 Å². The van der Waals surface area contributed by atoms with Crippen molar-refractivity contribution in [2.24, 2.45) is 0 Å². The molecule has 0 aliphatic carbocycles. The smallest absolute Gasteiger partial charge is 0.230 e. The minimum Gasteiger partial charge on any atom is -0.383 e. The molecule has 1 saturated heterocycles. The molecule has 1 fully saturated rings. The number of hydrogen-bond donors (Lipinski definition) is 3. The number of thioether (sulfide) groups is 1. The average Bonchev–Trinajstić information content (AvgIpc) is 2.59. The Bertz CT molecular complexity index is 644. The van der Waals surface area contributed by atoms with E-state index in [0.29, 0.717) is 11.6 Å². The Morgan fingerprint density at radius 1 is 1.43 bits per heavy atom. The molecule has 8 nitrogen and oxygen atoms in total. The minimum absolute atomic E-state index is 0.0296. The third-order valence-electron chi connectivity index (χ3n) is 3.02. The van der Waals surface area contributed by atoms with Gasteiger partial charge < -0.3 is 16.8 Å². The first-order chi connectivity index (χ1) is 9.67. The number of hydrogen-bond acceptors (Lipinski definition) is 8. The highest BCUT2D eigenvalue weighted by atomic mass is 32.2. The summed E-state index contributed by atoms with van der Waals surface area (Å²) in [5, 5.41) is 3.07. The Labute approximate surface area is 127 Å². The maximum atomic E-state index is 11.9. The summed E-state index contributed by atoms with van der Waals surface area (Å²) < 4.78 is 23.0. The van der Waals surface area contributed by atoms with Crippen LogP contribution in [0.2, 0.25) is 0 Å². The summed E-state index contributed by atoms with van der Waals surface area (Å²) in [5.41, 5.74) is 10.4. The molecular weight excluding hydrogens is 314 g/mol. The lowest BCUT2D eigenvalue weighted by atomic mass is 10.0. The highest BCUT2D eigenvalue weighted by Gasteiger charge is 2.39. The third-order valence-corrected chi connectivity index (χ3v) is 5.77. The minimum atomic E-state index is -3.06. The fraction of sp³-hybridized carbons (Fsp3) is 0.545. The van der Waals surface area contributed by atoms with Gasteiger partial charge in [-0.2, -0.15) is 0 Å². The monoisotopic (exact) mass is 331 g/mol. The summed E-state index contributed by atoms with van der Waals surface area (Å²) in [4.78, 5) is 19.8. The molecule has 1 aliphatic heterocycles. The second-order valence-corrected chi connectivity index (χ2v) is 8.37. The van der Waals surface area contributed by atoms with Crippen LogP contribution in [0.4, 0.5) is 11.6 Å². The Morgan fingerprint density at radius 3 is 2.57 bits per heavy atom. The number of aromatic nitrogens is 2. The topological polar surface area (TPSA) is 141 Å². The third kappa shape index (κ3) is 4.46. The number of nitrogens with one attached hydrogen (secondary N) is 1. The number of carbonyl (C=O) groups excluding carboxylic acids is 1. The maximum Gasteiger partial charge on any atom is 0.230 e. The summed E-state index contributed by atoms with van der Waals surface area (Å²) >= 11 is 1.10. The predicted octanol–water partition coefficient (Wildman–Crippen LogP) is -0.573. The van der Waals surface area contributed by atoms with Crippen LogP contribution in [-0.2, 0) is 14.6 Å². The molecule has 1 unspecified atom stereocenters. The lowest BCUT2D eigenvalue weighted by molar-refractivity contribution is -0.120. The zero-order valence-electron chi connectivity index (χ0n) is 11.5. The molecule has 10 heteroatoms. The Balaban J connectivity index is 1.91. The molecule has 1 amide bonds. The molecule has 1 atom stereocenters. The van der Waals surface area contributed by atoms with Gasteiger partial charge in [-0.1, -0.05) is 11.8 Å². The predicted molar refractivity (Wildman–Crippen MR) is 81.4 cm³/mol. The van der Waals surface area contributed by atoms with Gasteiger partial charge in [0.25, 0.3) is 0 Å². The summed E-state index contributed by atoms with van der Waals surface area (Å²) in [5.74, 6) is 0.338. The van der Waals surface area contributed by atoms with Crippen molar-refractivity contribution in [2.45, 2.75) is 24.0 Å². The van der Waals surface area contributed by atoms with Gasteiger partial charge in [-0.3, -0.25) is 4.79 Å². The Hall–Kier alpha value is -1.55. The summed E-state index contributed by atoms with van der Waals surface area (Å²) in [6, 6.07) is 1.43. The van der Waals surface area contributed by atoms with E-state index < -0.39 is 15.4 Å². The number of carbonyl (C=O) groups is 1. The maximum absolute atomic E-state index is 11.9. The van der Waals surface area contributed by atoms with Crippen molar-refractivity contribution in [1.29, 1.82) is 0 Å². The zero-order valence-corrected chi connectivity index (χ0v) is 13.1. The standard InChI is InChI=1S/C11H17N5O3S2/c1-11(2-3-21(18,19)6-11)16-9(17)5-20-10-14-7(12)4-8(13)15-10/h4H,2-3,5-6H2,1H3,(H,16,17)(H4,12,13,14,15). The fourth-order valence-corrected chi connectivity index (χ4v) is 4.90. The van der Waals surface area contributed by atoms with E-state index in [9.17, 15) is 13.2 Å². The van der Waals surface area contributed by atoms with Crippen molar-refractivity contribution < 1.29 is 13.2 Å². The van der Waals surface area contributed by atoms with Gasteiger partial charge in [0.2, 0.25) is 5.91 Å². The molecule has 2 rings (SSSR count). The van der Waals surface area contributed by atoms with E-state index in [-0.39, 0.29) is 34.8 Å². The first kappa shape index (κ1) is 15.8. The number of nitrogen functional groups attached to an aromatic ring is 2. The molecule has 2 heterocycles. The molecule has 0 radical (unpaired) electrons. The van der Waals surface area contributed by atoms with Crippen molar-refractivity contribution in [3.05, 3.63) is 6.07 Å². The lowest BCUT2D eigenvalue weighted by Crippen LogP contribution is -2.47. The number of sulfone groups is 1. The normalized spacial score (nSPS) is 23.9. The van der Waals surface area contributed by atoms with Gasteiger partial charge in [0.1, 0.15) is 11.6 Å². The van der Waals surface area contributed by atoms with Crippen LogP contribution in [0, 0.1) is 0 Å². The van der Waals surface area contributed by atoms with Gasteiger partial charge in [-0.25, -0.2) is 18.4 Å². The van der Waals surface area contributed by atoms with Crippen LogP contribution in [0.25, 0.3) is 0 Å². The molecule has 21 heavy (non-hydrogen) atoms. The zero-order chi connectivity index (χ0) is 15.7. The second-order valence-electron chi connectivity index (χ2n) is 5.24. The quantitative estimate of drug-likeness (QED) is 0.492. The number of nitrogens with two attached hydrogens (primary N) is 2. The van der Waals surface area contributed by atoms with E-state index >= 15 is 0 Å². The van der Waals surface area contributed by atoms with E-state index in [4.69, 9.17) is 11.5 Å². The fourth-order valence-electron chi connectivity index (χ4n) is 2.14. The van der Waals surface area contributed by atoms with Crippen LogP contribution in [0.1, 0.15) is 13.3 Å². The molecule has 1 aliphatic rings. The number of amides is 1. The summed E-state index contributed by atoms with van der Waals surface area (Å²) in [6.07, 6.45) is 0.424. The molecule has 0 aromatic carbocycles. The van der Waals surface area contributed by atoms with Crippen molar-refractivity contribution in [3.8, 4) is 0 Å². The van der Waals surface area contributed by atoms with Crippen molar-refractivity contribution >= 4 is 39.1 Å². The average molecular weight is 331 g/mol. The largest absolute Gasteiger partial charge is 0.383 e. The Kier molecular flexibility index (Phi) is 4.28. The summed E-state index contributed by atoms with van der Waals surface area (Å²) in [6.45, 7) is 1.73. The van der Waals surface area contributed by atoms with E-state index in [2.05, 4.69) is 15.3 Å². The van der Waals surface area contributed by atoms with E-state index in [1.54, 1.807) is 6.92 Å². The van der Waals surface area contributed by atoms with Crippen LogP contribution < -0.4 is 16.8 Å². The molecule has 5 N–H and O–H groups in total. The highest BCUT2D eigenvalue weighted by molar-refractivity contribution is 7.99. The van der Waals surface area contributed by atoms with Gasteiger partial charge in [-0.15, -0.1) is 0 Å². The second kappa shape index (κ2) is 5.68. The number of anilines is 2. The first-order valence-corrected chi connectivity index (χ1v) is 9.02. The van der Waals surface area contributed by atoms with Gasteiger partial charge in [0.05, 0.1) is 22.8 Å². The van der Waals surface area contributed by atoms with Crippen molar-refractivity contribution in [2.75, 3.05) is 28.7 Å². The first-order valence-electron chi connectivity index (χ1n) is 6.22. The molecule has 1 aromatic heterocycles. The van der Waals surface area contributed by atoms with Crippen LogP contribution >= 0.6 is 11.8 Å². The van der Waals surface area contributed by atoms with Crippen molar-refractivity contribution in [3.63, 3.8) is 0 Å². The van der Waals surface area contributed by atoms with Gasteiger partial charge >= 0.3 is 0 Å². The van der Waals surface area contributed by atoms with Gasteiger partial charge in [0, 0.05) is 6.07 Å². The number of nitrogens with zero attached hydrogens (tertiary/aromatic N) is 2. The van der Waals surface area contributed by atoms with Crippen LogP contribution in [0.3, 0.4) is 0 Å². The lowest BCUT2D eigenvalue weighted by Gasteiger charge is -2.23. The Morgan fingerprint density at radius 2 is 2.05 bits per heavy atom. The van der Waals surface area contributed by atoms with Gasteiger partial charge in [0.15, 0.2) is 15.0 Å². The van der Waals surface area contributed by atoms with E-state index in [1.165, 1.54) is 6.07 Å². The number of rotatable bonds is 4. The molecule has 0 saturated carbocycles. The molecule has 116 valence electrons. The SMILES string of the molecule is CC1(NC(=O)CSc2nc(N)cc(N)n2)CCS(=O)(=O)C1. The van der Waals surface area contributed by atoms with Crippen molar-refractivity contribution in [1.82, 2.24) is 15.3 Å². The molecule has 1 aromatic rings. The van der Waals surface area contributed by atoms with Crippen LogP contribution in [0.15, 0.2) is 11.2 Å². The highest BCUT2D eigenvalue weighted by Crippen LogP contribution is 2.23. The van der Waals surface area contributed by atoms with Crippen LogP contribution in [0.5, 0.6) is 0 Å². The van der Waals surface area contributed by atoms with Crippen LogP contribution in [-0.4, -0.2) is 47.1 Å². The van der Waals surface area contributed by atoms with E-state index in [1.807, 2.05) is 0 Å². The van der Waals surface area contributed by atoms with Gasteiger partial charge in [-0.05, 0) is 13.3 Å². The summed E-state index contributed by atoms with van der Waals surface area (Å²) in [7, 11) is -3.06.